The maximum atomic E-state index is 13.7. The van der Waals surface area contributed by atoms with Crippen LogP contribution < -0.4 is 10.1 Å². The second-order valence-corrected chi connectivity index (χ2v) is 9.91. The minimum Gasteiger partial charge on any atom is -0.495 e. The molecule has 1 aliphatic rings. The van der Waals surface area contributed by atoms with Gasteiger partial charge < -0.3 is 10.1 Å². The number of hydrogen-bond acceptors (Lipinski definition) is 4. The molecule has 0 aromatic heterocycles. The highest BCUT2D eigenvalue weighted by atomic mass is 32.2. The summed E-state index contributed by atoms with van der Waals surface area (Å²) in [5.74, 6) is -0.0372. The molecule has 3 rings (SSSR count). The van der Waals surface area contributed by atoms with Gasteiger partial charge in [-0.2, -0.15) is 4.31 Å². The number of anilines is 1. The number of nitrogens with one attached hydrogen (secondary N) is 1. The smallest absolute Gasteiger partial charge is 0.247 e. The molecule has 0 aliphatic heterocycles. The van der Waals surface area contributed by atoms with Crippen LogP contribution in [-0.4, -0.2) is 38.3 Å². The highest BCUT2D eigenvalue weighted by Crippen LogP contribution is 2.32. The number of carbonyl (C=O) groups excluding carboxylic acids is 1. The molecule has 1 N–H and O–H groups in total. The molecule has 0 radical (unpaired) electrons. The fourth-order valence-electron chi connectivity index (χ4n) is 4.17. The fraction of sp³-hybridized carbons (Fsp3) is 0.458. The van der Waals surface area contributed by atoms with Crippen LogP contribution in [-0.2, 0) is 21.2 Å². The Hall–Kier alpha value is -2.38. The van der Waals surface area contributed by atoms with E-state index in [1.165, 1.54) is 11.4 Å². The van der Waals surface area contributed by atoms with Gasteiger partial charge in [-0.1, -0.05) is 50.5 Å². The molecular formula is C24H32N2O4S. The normalized spacial score (nSPS) is 15.1. The van der Waals surface area contributed by atoms with Gasteiger partial charge in [0.15, 0.2) is 0 Å². The zero-order chi connectivity index (χ0) is 22.4. The van der Waals surface area contributed by atoms with E-state index in [1.807, 2.05) is 44.2 Å². The van der Waals surface area contributed by atoms with Gasteiger partial charge in [-0.25, -0.2) is 8.42 Å². The highest BCUT2D eigenvalue weighted by Gasteiger charge is 2.35. The summed E-state index contributed by atoms with van der Waals surface area (Å²) in [7, 11) is -2.46. The van der Waals surface area contributed by atoms with Crippen molar-refractivity contribution in [3.05, 3.63) is 53.6 Å². The Bertz CT molecular complexity index is 1010. The van der Waals surface area contributed by atoms with Crippen molar-refractivity contribution in [3.63, 3.8) is 0 Å². The number of amides is 1. The molecule has 0 saturated heterocycles. The maximum absolute atomic E-state index is 13.7. The van der Waals surface area contributed by atoms with Gasteiger partial charge in [0.05, 0.1) is 13.7 Å². The van der Waals surface area contributed by atoms with Gasteiger partial charge in [0, 0.05) is 11.7 Å². The van der Waals surface area contributed by atoms with E-state index in [0.29, 0.717) is 5.75 Å². The van der Waals surface area contributed by atoms with Crippen LogP contribution >= 0.6 is 0 Å². The summed E-state index contributed by atoms with van der Waals surface area (Å²) < 4.78 is 34.2. The van der Waals surface area contributed by atoms with Gasteiger partial charge >= 0.3 is 0 Å². The number of benzene rings is 2. The molecule has 2 aromatic rings. The summed E-state index contributed by atoms with van der Waals surface area (Å²) in [5, 5.41) is 2.92. The minimum absolute atomic E-state index is 0.113. The van der Waals surface area contributed by atoms with Gasteiger partial charge in [0.2, 0.25) is 15.9 Å². The van der Waals surface area contributed by atoms with Crippen LogP contribution in [0.2, 0.25) is 0 Å². The number of para-hydroxylation sites is 1. The average molecular weight is 445 g/mol. The van der Waals surface area contributed by atoms with Gasteiger partial charge in [-0.05, 0) is 55.5 Å². The van der Waals surface area contributed by atoms with E-state index in [-0.39, 0.29) is 23.4 Å². The van der Waals surface area contributed by atoms with Crippen molar-refractivity contribution in [2.45, 2.75) is 63.3 Å². The molecule has 1 amide bonds. The monoisotopic (exact) mass is 444 g/mol. The molecule has 0 bridgehead atoms. The summed E-state index contributed by atoms with van der Waals surface area (Å²) >= 11 is 0. The van der Waals surface area contributed by atoms with E-state index >= 15 is 0 Å². The largest absolute Gasteiger partial charge is 0.495 e. The molecular weight excluding hydrogens is 412 g/mol. The van der Waals surface area contributed by atoms with Gasteiger partial charge in [-0.3, -0.25) is 4.79 Å². The lowest BCUT2D eigenvalue weighted by atomic mass is 9.95. The number of aryl methyl sites for hydroxylation is 2. The SMILES string of the molecule is CCc1ccccc1NC(=O)CN(C1CCCCC1)S(=O)(=O)c1cc(C)ccc1OC. The average Bonchev–Trinajstić information content (AvgIpc) is 2.78. The first-order valence-corrected chi connectivity index (χ1v) is 12.3. The number of carbonyl (C=O) groups is 1. The Morgan fingerprint density at radius 3 is 2.52 bits per heavy atom. The molecule has 168 valence electrons. The summed E-state index contributed by atoms with van der Waals surface area (Å²) in [4.78, 5) is 13.1. The zero-order valence-corrected chi connectivity index (χ0v) is 19.4. The first kappa shape index (κ1) is 23.3. The van der Waals surface area contributed by atoms with Crippen LogP contribution in [0, 0.1) is 6.92 Å². The van der Waals surface area contributed by atoms with Crippen LogP contribution in [0.15, 0.2) is 47.4 Å². The Kier molecular flexibility index (Phi) is 7.73. The third-order valence-electron chi connectivity index (χ3n) is 5.86. The fourth-order valence-corrected chi connectivity index (χ4v) is 6.06. The summed E-state index contributed by atoms with van der Waals surface area (Å²) in [6.07, 6.45) is 5.30. The third kappa shape index (κ3) is 5.46. The lowest BCUT2D eigenvalue weighted by Gasteiger charge is -2.33. The Labute approximate surface area is 185 Å². The van der Waals surface area contributed by atoms with Gasteiger partial charge in [0.1, 0.15) is 10.6 Å². The molecule has 0 spiro atoms. The van der Waals surface area contributed by atoms with E-state index in [0.717, 1.165) is 55.3 Å². The zero-order valence-electron chi connectivity index (χ0n) is 18.6. The van der Waals surface area contributed by atoms with Crippen molar-refractivity contribution in [1.29, 1.82) is 0 Å². The van der Waals surface area contributed by atoms with Gasteiger partial charge in [-0.15, -0.1) is 0 Å². The van der Waals surface area contributed by atoms with Crippen molar-refractivity contribution < 1.29 is 17.9 Å². The molecule has 6 nitrogen and oxygen atoms in total. The van der Waals surface area contributed by atoms with Crippen LogP contribution in [0.1, 0.15) is 50.2 Å². The van der Waals surface area contributed by atoms with E-state index in [2.05, 4.69) is 5.32 Å². The number of nitrogens with zero attached hydrogens (tertiary/aromatic N) is 1. The first-order chi connectivity index (χ1) is 14.9. The standard InChI is InChI=1S/C24H32N2O4S/c1-4-19-10-8-9-13-21(19)25-24(27)17-26(20-11-6-5-7-12-20)31(28,29)23-16-18(2)14-15-22(23)30-3/h8-10,13-16,20H,4-7,11-12,17H2,1-3H3,(H,25,27). The number of sulfonamides is 1. The van der Waals surface area contributed by atoms with Crippen LogP contribution in [0.3, 0.4) is 0 Å². The predicted octanol–water partition coefficient (Wildman–Crippen LogP) is 4.53. The quantitative estimate of drug-likeness (QED) is 0.649. The second kappa shape index (κ2) is 10.3. The summed E-state index contributed by atoms with van der Waals surface area (Å²) in [6.45, 7) is 3.65. The molecule has 7 heteroatoms. The van der Waals surface area contributed by atoms with Crippen molar-refractivity contribution in [1.82, 2.24) is 4.31 Å². The van der Waals surface area contributed by atoms with E-state index in [1.54, 1.807) is 12.1 Å². The van der Waals surface area contributed by atoms with Gasteiger partial charge in [0.25, 0.3) is 0 Å². The number of rotatable bonds is 8. The molecule has 2 aromatic carbocycles. The molecule has 1 fully saturated rings. The highest BCUT2D eigenvalue weighted by molar-refractivity contribution is 7.89. The van der Waals surface area contributed by atoms with E-state index in [4.69, 9.17) is 4.74 Å². The van der Waals surface area contributed by atoms with Crippen LogP contribution in [0.25, 0.3) is 0 Å². The summed E-state index contributed by atoms with van der Waals surface area (Å²) in [5.41, 5.74) is 2.57. The number of ether oxygens (including phenoxy) is 1. The predicted molar refractivity (Wildman–Crippen MR) is 123 cm³/mol. The lowest BCUT2D eigenvalue weighted by molar-refractivity contribution is -0.116. The minimum atomic E-state index is -3.92. The van der Waals surface area contributed by atoms with E-state index in [9.17, 15) is 13.2 Å². The lowest BCUT2D eigenvalue weighted by Crippen LogP contribution is -2.45. The molecule has 0 atom stereocenters. The number of methoxy groups -OCH3 is 1. The Morgan fingerprint density at radius 2 is 1.84 bits per heavy atom. The number of hydrogen-bond donors (Lipinski definition) is 1. The molecule has 0 unspecified atom stereocenters. The molecule has 1 saturated carbocycles. The summed E-state index contributed by atoms with van der Waals surface area (Å²) in [6, 6.07) is 12.5. The van der Waals surface area contributed by atoms with Crippen molar-refractivity contribution >= 4 is 21.6 Å². The van der Waals surface area contributed by atoms with Crippen molar-refractivity contribution in [2.75, 3.05) is 19.0 Å². The van der Waals surface area contributed by atoms with Crippen molar-refractivity contribution in [3.8, 4) is 5.75 Å². The van der Waals surface area contributed by atoms with E-state index < -0.39 is 10.0 Å². The van der Waals surface area contributed by atoms with Crippen LogP contribution in [0.4, 0.5) is 5.69 Å². The third-order valence-corrected chi connectivity index (χ3v) is 7.78. The Balaban J connectivity index is 1.93. The van der Waals surface area contributed by atoms with Crippen LogP contribution in [0.5, 0.6) is 5.75 Å². The topological polar surface area (TPSA) is 75.7 Å². The van der Waals surface area contributed by atoms with Crippen molar-refractivity contribution in [2.24, 2.45) is 0 Å². The first-order valence-electron chi connectivity index (χ1n) is 10.9. The molecule has 0 heterocycles. The molecule has 31 heavy (non-hydrogen) atoms. The molecule has 1 aliphatic carbocycles. The Morgan fingerprint density at radius 1 is 1.13 bits per heavy atom. The second-order valence-electron chi connectivity index (χ2n) is 8.06. The maximum Gasteiger partial charge on any atom is 0.247 e.